The number of hydrogen-bond donors (Lipinski definition) is 0. The lowest BCUT2D eigenvalue weighted by Gasteiger charge is -2.16. The van der Waals surface area contributed by atoms with Gasteiger partial charge in [0, 0.05) is 10.0 Å². The molecule has 0 radical (unpaired) electrons. The fourth-order valence-corrected chi connectivity index (χ4v) is 1.19. The van der Waals surface area contributed by atoms with E-state index in [4.69, 9.17) is 23.2 Å². The Hall–Kier alpha value is -0.345. The van der Waals surface area contributed by atoms with Crippen molar-refractivity contribution in [2.75, 3.05) is 0 Å². The minimum atomic E-state index is -5.06. The maximum absolute atomic E-state index is 12.1. The average Bonchev–Trinajstić information content (AvgIpc) is 1.92. The van der Waals surface area contributed by atoms with E-state index in [1.54, 1.807) is 0 Å². The molecule has 0 bridgehead atoms. The fourth-order valence-electron chi connectivity index (χ4n) is 0.765. The topological polar surface area (TPSA) is 0 Å². The summed E-state index contributed by atoms with van der Waals surface area (Å²) in [6.45, 7) is -5.06. The molecule has 0 spiro atoms. The maximum atomic E-state index is 12.1. The molecule has 0 saturated heterocycles. The van der Waals surface area contributed by atoms with Crippen molar-refractivity contribution in [1.82, 2.24) is 0 Å². The van der Waals surface area contributed by atoms with E-state index in [1.165, 1.54) is 6.07 Å². The summed E-state index contributed by atoms with van der Waals surface area (Å²) >= 11 is 10.7. The molecule has 0 fully saturated rings. The van der Waals surface area contributed by atoms with Crippen molar-refractivity contribution in [1.29, 1.82) is 0 Å². The van der Waals surface area contributed by atoms with E-state index in [2.05, 4.69) is 0 Å². The van der Waals surface area contributed by atoms with E-state index in [0.29, 0.717) is 0 Å². The molecule has 0 aromatic heterocycles. The fraction of sp³-hybridized carbons (Fsp3) is 0. The summed E-state index contributed by atoms with van der Waals surface area (Å²) in [6, 6.07) is 3.27. The molecule has 0 saturated carbocycles. The van der Waals surface area contributed by atoms with Crippen LogP contribution in [0.15, 0.2) is 18.2 Å². The first-order chi connectivity index (χ1) is 5.41. The van der Waals surface area contributed by atoms with Crippen molar-refractivity contribution < 1.29 is 12.9 Å². The van der Waals surface area contributed by atoms with Crippen LogP contribution in [0.1, 0.15) is 0 Å². The second-order valence-electron chi connectivity index (χ2n) is 2.24. The van der Waals surface area contributed by atoms with Crippen LogP contribution in [-0.4, -0.2) is 6.98 Å². The molecule has 0 aliphatic rings. The molecule has 0 amide bonds. The average molecular weight is 214 g/mol. The van der Waals surface area contributed by atoms with Crippen LogP contribution in [0.4, 0.5) is 12.9 Å². The molecule has 6 heteroatoms. The van der Waals surface area contributed by atoms with Crippen LogP contribution < -0.4 is 5.46 Å². The zero-order chi connectivity index (χ0) is 9.35. The molecule has 0 aliphatic carbocycles. The summed E-state index contributed by atoms with van der Waals surface area (Å²) in [6.07, 6.45) is 0. The molecular formula is C6H3BCl2F3-. The van der Waals surface area contributed by atoms with E-state index < -0.39 is 12.4 Å². The standard InChI is InChI=1S/C6H3BCl2F3/c8-4-1-2-6(9)5(3-4)7(10,11)12/h1-3H/q-1. The Morgan fingerprint density at radius 3 is 2.08 bits per heavy atom. The predicted octanol–water partition coefficient (Wildman–Crippen LogP) is 3.05. The van der Waals surface area contributed by atoms with Crippen LogP contribution >= 0.6 is 23.2 Å². The third-order valence-corrected chi connectivity index (χ3v) is 1.89. The summed E-state index contributed by atoms with van der Waals surface area (Å²) in [5.74, 6) is 0. The van der Waals surface area contributed by atoms with Crippen molar-refractivity contribution in [3.8, 4) is 0 Å². The zero-order valence-corrected chi connectivity index (χ0v) is 7.21. The quantitative estimate of drug-likeness (QED) is 0.630. The smallest absolute Gasteiger partial charge is 0.445 e. The van der Waals surface area contributed by atoms with Gasteiger partial charge in [-0.25, -0.2) is 0 Å². The minimum absolute atomic E-state index is 0.0357. The highest BCUT2D eigenvalue weighted by atomic mass is 35.5. The van der Waals surface area contributed by atoms with Gasteiger partial charge in [0.2, 0.25) is 0 Å². The number of halogens is 5. The molecule has 0 N–H and O–H groups in total. The van der Waals surface area contributed by atoms with Gasteiger partial charge in [-0.2, -0.15) is 0 Å². The first-order valence-electron chi connectivity index (χ1n) is 3.06. The predicted molar refractivity (Wildman–Crippen MR) is 45.2 cm³/mol. The number of benzene rings is 1. The van der Waals surface area contributed by atoms with Crippen LogP contribution in [0.2, 0.25) is 10.0 Å². The summed E-state index contributed by atoms with van der Waals surface area (Å²) in [5, 5.41) is -0.277. The molecule has 1 aromatic carbocycles. The van der Waals surface area contributed by atoms with Crippen LogP contribution in [-0.2, 0) is 0 Å². The second-order valence-corrected chi connectivity index (χ2v) is 3.08. The van der Waals surface area contributed by atoms with Gasteiger partial charge in [0.15, 0.2) is 0 Å². The third kappa shape index (κ3) is 2.08. The van der Waals surface area contributed by atoms with Gasteiger partial charge >= 0.3 is 6.98 Å². The first-order valence-corrected chi connectivity index (χ1v) is 3.82. The maximum Gasteiger partial charge on any atom is 0.511 e. The summed E-state index contributed by atoms with van der Waals surface area (Å²) < 4.78 is 36.4. The Balaban J connectivity index is 3.23. The molecule has 1 aromatic rings. The zero-order valence-electron chi connectivity index (χ0n) is 5.70. The van der Waals surface area contributed by atoms with Crippen molar-refractivity contribution in [2.24, 2.45) is 0 Å². The highest BCUT2D eigenvalue weighted by Crippen LogP contribution is 2.19. The Morgan fingerprint density at radius 1 is 1.08 bits per heavy atom. The van der Waals surface area contributed by atoms with Gasteiger partial charge in [0.1, 0.15) is 0 Å². The Morgan fingerprint density at radius 2 is 1.67 bits per heavy atom. The van der Waals surface area contributed by atoms with Gasteiger partial charge in [-0.05, 0) is 12.1 Å². The molecular weight excluding hydrogens is 211 g/mol. The minimum Gasteiger partial charge on any atom is -0.445 e. The Bertz CT molecular complexity index is 297. The van der Waals surface area contributed by atoms with Gasteiger partial charge in [0.05, 0.1) is 0 Å². The van der Waals surface area contributed by atoms with Crippen molar-refractivity contribution in [3.05, 3.63) is 28.2 Å². The third-order valence-electron chi connectivity index (χ3n) is 1.31. The summed E-state index contributed by atoms with van der Waals surface area (Å²) in [4.78, 5) is 0. The van der Waals surface area contributed by atoms with Crippen molar-refractivity contribution in [3.63, 3.8) is 0 Å². The Kier molecular flexibility index (Phi) is 2.59. The van der Waals surface area contributed by atoms with Crippen LogP contribution in [0.5, 0.6) is 0 Å². The summed E-state index contributed by atoms with van der Waals surface area (Å²) in [7, 11) is 0. The van der Waals surface area contributed by atoms with E-state index in [0.717, 1.165) is 12.1 Å². The molecule has 0 atom stereocenters. The number of rotatable bonds is 1. The summed E-state index contributed by atoms with van der Waals surface area (Å²) in [5.41, 5.74) is -0.843. The molecule has 1 rings (SSSR count). The van der Waals surface area contributed by atoms with E-state index in [-0.39, 0.29) is 10.0 Å². The van der Waals surface area contributed by atoms with Gasteiger partial charge in [-0.15, -0.1) is 0 Å². The molecule has 0 unspecified atom stereocenters. The number of hydrogen-bond acceptors (Lipinski definition) is 0. The van der Waals surface area contributed by atoms with Gasteiger partial charge in [-0.3, -0.25) is 0 Å². The first kappa shape index (κ1) is 9.74. The molecule has 12 heavy (non-hydrogen) atoms. The van der Waals surface area contributed by atoms with E-state index >= 15 is 0 Å². The van der Waals surface area contributed by atoms with Crippen molar-refractivity contribution >= 4 is 35.6 Å². The highest BCUT2D eigenvalue weighted by molar-refractivity contribution is 6.76. The molecule has 66 valence electrons. The lowest BCUT2D eigenvalue weighted by Crippen LogP contribution is -2.34. The molecule has 0 heterocycles. The normalized spacial score (nSPS) is 11.8. The Labute approximate surface area is 77.3 Å². The van der Waals surface area contributed by atoms with Gasteiger partial charge in [-0.1, -0.05) is 34.7 Å². The SMILES string of the molecule is F[B-](F)(F)c1cc(Cl)ccc1Cl. The van der Waals surface area contributed by atoms with Crippen molar-refractivity contribution in [2.45, 2.75) is 0 Å². The second kappa shape index (κ2) is 3.19. The lowest BCUT2D eigenvalue weighted by atomic mass is 9.80. The molecule has 0 nitrogen and oxygen atoms in total. The van der Waals surface area contributed by atoms with Crippen LogP contribution in [0.3, 0.4) is 0 Å². The van der Waals surface area contributed by atoms with E-state index in [9.17, 15) is 12.9 Å². The monoisotopic (exact) mass is 213 g/mol. The lowest BCUT2D eigenvalue weighted by molar-refractivity contribution is 0.501. The van der Waals surface area contributed by atoms with Gasteiger partial charge in [0.25, 0.3) is 0 Å². The van der Waals surface area contributed by atoms with Crippen LogP contribution in [0, 0.1) is 0 Å². The van der Waals surface area contributed by atoms with Crippen LogP contribution in [0.25, 0.3) is 0 Å². The van der Waals surface area contributed by atoms with E-state index in [1.807, 2.05) is 0 Å². The highest BCUT2D eigenvalue weighted by Gasteiger charge is 2.27. The molecule has 0 aliphatic heterocycles. The largest absolute Gasteiger partial charge is 0.511 e. The van der Waals surface area contributed by atoms with Gasteiger partial charge < -0.3 is 12.9 Å².